The van der Waals surface area contributed by atoms with E-state index in [0.29, 0.717) is 12.5 Å². The Morgan fingerprint density at radius 2 is 1.03 bits per heavy atom. The second kappa shape index (κ2) is 16.9. The Bertz CT molecular complexity index is 1060. The molecular formula is C36H51ClOSi. The predicted molar refractivity (Wildman–Crippen MR) is 177 cm³/mol. The van der Waals surface area contributed by atoms with Crippen LogP contribution in [0.25, 0.3) is 0 Å². The molecule has 3 heteroatoms. The molecule has 0 aromatic heterocycles. The van der Waals surface area contributed by atoms with Crippen LogP contribution in [0.2, 0.25) is 5.04 Å². The van der Waals surface area contributed by atoms with E-state index in [1.54, 1.807) is 0 Å². The maximum atomic E-state index is 7.02. The van der Waals surface area contributed by atoms with Gasteiger partial charge in [-0.3, -0.25) is 0 Å². The van der Waals surface area contributed by atoms with Crippen molar-refractivity contribution in [1.29, 1.82) is 0 Å². The molecule has 0 unspecified atom stereocenters. The average molecular weight is 563 g/mol. The molecule has 0 atom stereocenters. The molecule has 2 aromatic rings. The highest BCUT2D eigenvalue weighted by Gasteiger charge is 2.49. The first kappa shape index (κ1) is 33.1. The number of halogens is 1. The average Bonchev–Trinajstić information content (AvgIpc) is 2.91. The van der Waals surface area contributed by atoms with Gasteiger partial charge in [0, 0.05) is 5.88 Å². The molecule has 0 N–H and O–H groups in total. The maximum absolute atomic E-state index is 7.02. The van der Waals surface area contributed by atoms with Crippen molar-refractivity contribution >= 4 is 30.3 Å². The van der Waals surface area contributed by atoms with E-state index in [-0.39, 0.29) is 5.04 Å². The summed E-state index contributed by atoms with van der Waals surface area (Å²) in [5.74, 6) is 0.634. The van der Waals surface area contributed by atoms with Crippen molar-refractivity contribution in [3.05, 3.63) is 107 Å². The Morgan fingerprint density at radius 1 is 0.641 bits per heavy atom. The van der Waals surface area contributed by atoms with E-state index < -0.39 is 8.32 Å². The van der Waals surface area contributed by atoms with Gasteiger partial charge in [0.2, 0.25) is 0 Å². The number of allylic oxidation sites excluding steroid dienone is 7. The largest absolute Gasteiger partial charge is 0.404 e. The zero-order chi connectivity index (χ0) is 28.7. The SMILES string of the molecule is C/C(=C\CC/C(C)=C/CC/C(C)=C/CC/C(C)=C/CO[Si](c1ccccc1)(c1ccccc1)C(C)(C)C)CCl. The van der Waals surface area contributed by atoms with Crippen molar-refractivity contribution < 1.29 is 4.43 Å². The third kappa shape index (κ3) is 10.7. The fourth-order valence-electron chi connectivity index (χ4n) is 5.07. The van der Waals surface area contributed by atoms with Crippen molar-refractivity contribution in [3.8, 4) is 0 Å². The first-order chi connectivity index (χ1) is 18.6. The second-order valence-electron chi connectivity index (χ2n) is 11.9. The first-order valence-corrected chi connectivity index (χ1v) is 17.0. The molecule has 0 aliphatic carbocycles. The molecule has 0 saturated heterocycles. The number of hydrogen-bond donors (Lipinski definition) is 0. The zero-order valence-corrected chi connectivity index (χ0v) is 27.3. The van der Waals surface area contributed by atoms with Gasteiger partial charge in [-0.25, -0.2) is 0 Å². The van der Waals surface area contributed by atoms with Gasteiger partial charge in [0.05, 0.1) is 6.61 Å². The van der Waals surface area contributed by atoms with Gasteiger partial charge in [0.15, 0.2) is 0 Å². The number of rotatable bonds is 15. The van der Waals surface area contributed by atoms with E-state index in [9.17, 15) is 0 Å². The van der Waals surface area contributed by atoms with Crippen LogP contribution in [0.1, 0.15) is 87.0 Å². The van der Waals surface area contributed by atoms with E-state index in [1.165, 1.54) is 32.7 Å². The minimum Gasteiger partial charge on any atom is -0.404 e. The van der Waals surface area contributed by atoms with Gasteiger partial charge in [0.1, 0.15) is 0 Å². The van der Waals surface area contributed by atoms with E-state index in [0.717, 1.165) is 38.5 Å². The molecule has 0 heterocycles. The predicted octanol–water partition coefficient (Wildman–Crippen LogP) is 9.93. The lowest BCUT2D eigenvalue weighted by atomic mass is 10.0. The van der Waals surface area contributed by atoms with Gasteiger partial charge in [-0.1, -0.05) is 128 Å². The molecular weight excluding hydrogens is 512 g/mol. The third-order valence-corrected chi connectivity index (χ3v) is 12.9. The van der Waals surface area contributed by atoms with Crippen LogP contribution < -0.4 is 10.4 Å². The molecule has 2 aromatic carbocycles. The molecule has 212 valence electrons. The monoisotopic (exact) mass is 562 g/mol. The Kier molecular flexibility index (Phi) is 14.3. The quantitative estimate of drug-likeness (QED) is 0.119. The summed E-state index contributed by atoms with van der Waals surface area (Å²) in [5, 5.41) is 2.67. The van der Waals surface area contributed by atoms with Gasteiger partial charge in [0.25, 0.3) is 8.32 Å². The van der Waals surface area contributed by atoms with E-state index in [1.807, 2.05) is 0 Å². The van der Waals surface area contributed by atoms with E-state index in [2.05, 4.69) is 133 Å². The van der Waals surface area contributed by atoms with Crippen LogP contribution in [-0.2, 0) is 4.43 Å². The summed E-state index contributed by atoms with van der Waals surface area (Å²) in [7, 11) is -2.48. The fraction of sp³-hybridized carbons (Fsp3) is 0.444. The Labute approximate surface area is 245 Å². The van der Waals surface area contributed by atoms with Crippen molar-refractivity contribution in [2.24, 2.45) is 0 Å². The molecule has 39 heavy (non-hydrogen) atoms. The van der Waals surface area contributed by atoms with Crippen LogP contribution >= 0.6 is 11.6 Å². The van der Waals surface area contributed by atoms with Crippen molar-refractivity contribution in [3.63, 3.8) is 0 Å². The fourth-order valence-corrected chi connectivity index (χ4v) is 9.67. The third-order valence-electron chi connectivity index (χ3n) is 7.45. The first-order valence-electron chi connectivity index (χ1n) is 14.5. The lowest BCUT2D eigenvalue weighted by molar-refractivity contribution is 0.338. The van der Waals surface area contributed by atoms with Crippen molar-refractivity contribution in [2.75, 3.05) is 12.5 Å². The van der Waals surface area contributed by atoms with Crippen molar-refractivity contribution in [1.82, 2.24) is 0 Å². The Morgan fingerprint density at radius 3 is 1.41 bits per heavy atom. The summed E-state index contributed by atoms with van der Waals surface area (Å²) in [6.45, 7) is 16.5. The summed E-state index contributed by atoms with van der Waals surface area (Å²) in [6, 6.07) is 21.8. The lowest BCUT2D eigenvalue weighted by Gasteiger charge is -2.42. The van der Waals surface area contributed by atoms with Crippen LogP contribution in [-0.4, -0.2) is 20.8 Å². The maximum Gasteiger partial charge on any atom is 0.261 e. The normalized spacial score (nSPS) is 14.2. The summed E-state index contributed by atoms with van der Waals surface area (Å²) < 4.78 is 7.02. The van der Waals surface area contributed by atoms with Crippen LogP contribution in [0.5, 0.6) is 0 Å². The summed E-state index contributed by atoms with van der Waals surface area (Å²) >= 11 is 5.85. The minimum absolute atomic E-state index is 0.00390. The van der Waals surface area contributed by atoms with Gasteiger partial charge in [-0.05, 0) is 81.6 Å². The van der Waals surface area contributed by atoms with E-state index >= 15 is 0 Å². The smallest absolute Gasteiger partial charge is 0.261 e. The van der Waals surface area contributed by atoms with Crippen molar-refractivity contribution in [2.45, 2.75) is 92.0 Å². The summed E-state index contributed by atoms with van der Waals surface area (Å²) in [6.07, 6.45) is 16.0. The highest BCUT2D eigenvalue weighted by Crippen LogP contribution is 2.36. The van der Waals surface area contributed by atoms with Gasteiger partial charge in [-0.2, -0.15) is 0 Å². The zero-order valence-electron chi connectivity index (χ0n) is 25.5. The molecule has 1 nitrogen and oxygen atoms in total. The Hall–Kier alpha value is -2.13. The van der Waals surface area contributed by atoms with Crippen LogP contribution in [0.3, 0.4) is 0 Å². The minimum atomic E-state index is -2.48. The highest BCUT2D eigenvalue weighted by atomic mass is 35.5. The molecule has 0 aliphatic rings. The van der Waals surface area contributed by atoms with E-state index in [4.69, 9.17) is 16.0 Å². The summed E-state index contributed by atoms with van der Waals surface area (Å²) in [4.78, 5) is 0. The lowest BCUT2D eigenvalue weighted by Crippen LogP contribution is -2.66. The number of alkyl halides is 1. The standard InChI is InChI=1S/C36H51ClOSi/c1-30(17-14-18-31(2)20-16-22-33(4)29-37)19-15-21-32(3)27-28-38-39(36(5,6)7,34-23-10-8-11-24-34)35-25-12-9-13-26-35/h8-13,18-19,22-27H,14-17,20-21,28-29H2,1-7H3/b30-19+,31-18+,32-27+,33-22+. The molecule has 2 rings (SSSR count). The summed E-state index contributed by atoms with van der Waals surface area (Å²) in [5.41, 5.74) is 5.62. The van der Waals surface area contributed by atoms with Crippen LogP contribution in [0, 0.1) is 0 Å². The molecule has 0 fully saturated rings. The molecule has 0 bridgehead atoms. The molecule has 0 saturated carbocycles. The van der Waals surface area contributed by atoms with Crippen LogP contribution in [0.15, 0.2) is 107 Å². The van der Waals surface area contributed by atoms with Gasteiger partial charge < -0.3 is 4.43 Å². The molecule has 0 radical (unpaired) electrons. The molecule has 0 amide bonds. The topological polar surface area (TPSA) is 9.23 Å². The molecule has 0 aliphatic heterocycles. The Balaban J connectivity index is 1.96. The molecule has 0 spiro atoms. The number of benzene rings is 2. The van der Waals surface area contributed by atoms with Crippen LogP contribution in [0.4, 0.5) is 0 Å². The highest BCUT2D eigenvalue weighted by molar-refractivity contribution is 6.99. The van der Waals surface area contributed by atoms with Gasteiger partial charge in [-0.15, -0.1) is 11.6 Å². The second-order valence-corrected chi connectivity index (χ2v) is 16.5. The number of hydrogen-bond acceptors (Lipinski definition) is 1. The van der Waals surface area contributed by atoms with Gasteiger partial charge >= 0.3 is 0 Å².